The van der Waals surface area contributed by atoms with E-state index in [0.29, 0.717) is 11.5 Å². The molecule has 1 heteroatoms. The van der Waals surface area contributed by atoms with Crippen molar-refractivity contribution < 1.29 is 0 Å². The van der Waals surface area contributed by atoms with E-state index in [-0.39, 0.29) is 0 Å². The van der Waals surface area contributed by atoms with Gasteiger partial charge in [-0.15, -0.1) is 0 Å². The minimum Gasteiger partial charge on any atom is -0.313 e. The molecule has 1 unspecified atom stereocenters. The van der Waals surface area contributed by atoms with Crippen molar-refractivity contribution in [1.82, 2.24) is 5.32 Å². The highest BCUT2D eigenvalue weighted by molar-refractivity contribution is 5.17. The summed E-state index contributed by atoms with van der Waals surface area (Å²) in [5, 5.41) is 3.83. The molecule has 1 aromatic rings. The molecular formula is C18H29N. The molecule has 0 aliphatic heterocycles. The van der Waals surface area contributed by atoms with Gasteiger partial charge in [0.15, 0.2) is 0 Å². The van der Waals surface area contributed by atoms with Crippen molar-refractivity contribution in [2.45, 2.75) is 64.8 Å². The molecule has 0 heterocycles. The second kappa shape index (κ2) is 7.09. The lowest BCUT2D eigenvalue weighted by Gasteiger charge is -2.41. The number of hydrogen-bond donors (Lipinski definition) is 1. The van der Waals surface area contributed by atoms with E-state index in [9.17, 15) is 0 Å². The zero-order valence-corrected chi connectivity index (χ0v) is 12.6. The zero-order chi connectivity index (χ0) is 13.6. The van der Waals surface area contributed by atoms with Gasteiger partial charge in [-0.25, -0.2) is 0 Å². The fraction of sp³-hybridized carbons (Fsp3) is 0.667. The van der Waals surface area contributed by atoms with Gasteiger partial charge in [0.2, 0.25) is 0 Å². The SMILES string of the molecule is CCCNC(Cc1ccccc1)C1(C)CCCCC1. The molecule has 1 nitrogen and oxygen atoms in total. The Labute approximate surface area is 118 Å². The van der Waals surface area contributed by atoms with Gasteiger partial charge in [-0.05, 0) is 43.2 Å². The highest BCUT2D eigenvalue weighted by atomic mass is 14.9. The normalized spacial score (nSPS) is 20.1. The molecule has 19 heavy (non-hydrogen) atoms. The van der Waals surface area contributed by atoms with E-state index in [4.69, 9.17) is 0 Å². The van der Waals surface area contributed by atoms with Crippen LogP contribution in [0.25, 0.3) is 0 Å². The standard InChI is InChI=1S/C18H29N/c1-3-14-19-17(15-16-10-6-4-7-11-16)18(2)12-8-5-9-13-18/h4,6-7,10-11,17,19H,3,5,8-9,12-15H2,1-2H3. The van der Waals surface area contributed by atoms with Gasteiger partial charge >= 0.3 is 0 Å². The summed E-state index contributed by atoms with van der Waals surface area (Å²) < 4.78 is 0. The Bertz CT molecular complexity index is 351. The Morgan fingerprint density at radius 2 is 1.79 bits per heavy atom. The molecule has 0 amide bonds. The molecule has 1 atom stereocenters. The maximum Gasteiger partial charge on any atom is 0.0161 e. The van der Waals surface area contributed by atoms with Crippen molar-refractivity contribution in [2.75, 3.05) is 6.54 Å². The lowest BCUT2D eigenvalue weighted by molar-refractivity contribution is 0.143. The molecular weight excluding hydrogens is 230 g/mol. The van der Waals surface area contributed by atoms with Crippen molar-refractivity contribution in [3.8, 4) is 0 Å². The summed E-state index contributed by atoms with van der Waals surface area (Å²) in [6.45, 7) is 5.91. The smallest absolute Gasteiger partial charge is 0.0161 e. The first kappa shape index (κ1) is 14.6. The minimum atomic E-state index is 0.489. The van der Waals surface area contributed by atoms with E-state index >= 15 is 0 Å². The van der Waals surface area contributed by atoms with Gasteiger partial charge < -0.3 is 5.32 Å². The number of benzene rings is 1. The van der Waals surface area contributed by atoms with Crippen molar-refractivity contribution >= 4 is 0 Å². The van der Waals surface area contributed by atoms with Crippen molar-refractivity contribution in [3.63, 3.8) is 0 Å². The van der Waals surface area contributed by atoms with Crippen molar-refractivity contribution in [2.24, 2.45) is 5.41 Å². The molecule has 1 aromatic carbocycles. The molecule has 0 spiro atoms. The van der Waals surface area contributed by atoms with Crippen LogP contribution in [0.15, 0.2) is 30.3 Å². The quantitative estimate of drug-likeness (QED) is 0.789. The maximum atomic E-state index is 3.83. The summed E-state index contributed by atoms with van der Waals surface area (Å²) in [5.74, 6) is 0. The molecule has 2 rings (SSSR count). The Morgan fingerprint density at radius 1 is 1.11 bits per heavy atom. The van der Waals surface area contributed by atoms with Crippen LogP contribution in [0.4, 0.5) is 0 Å². The summed E-state index contributed by atoms with van der Waals surface area (Å²) in [6, 6.07) is 11.6. The molecule has 106 valence electrons. The minimum absolute atomic E-state index is 0.489. The first-order chi connectivity index (χ1) is 9.24. The van der Waals surface area contributed by atoms with E-state index in [1.54, 1.807) is 0 Å². The van der Waals surface area contributed by atoms with Crippen molar-refractivity contribution in [3.05, 3.63) is 35.9 Å². The van der Waals surface area contributed by atoms with Crippen LogP contribution in [0.1, 0.15) is 57.9 Å². The molecule has 1 N–H and O–H groups in total. The highest BCUT2D eigenvalue weighted by Crippen LogP contribution is 2.39. The van der Waals surface area contributed by atoms with Crippen LogP contribution in [-0.2, 0) is 6.42 Å². The van der Waals surface area contributed by atoms with Gasteiger partial charge in [0.1, 0.15) is 0 Å². The topological polar surface area (TPSA) is 12.0 Å². The monoisotopic (exact) mass is 259 g/mol. The third kappa shape index (κ3) is 4.07. The van der Waals surface area contributed by atoms with Gasteiger partial charge in [-0.3, -0.25) is 0 Å². The Balaban J connectivity index is 2.06. The first-order valence-corrected chi connectivity index (χ1v) is 8.02. The number of hydrogen-bond acceptors (Lipinski definition) is 1. The van der Waals surface area contributed by atoms with Crippen molar-refractivity contribution in [1.29, 1.82) is 0 Å². The summed E-state index contributed by atoms with van der Waals surface area (Å²) in [7, 11) is 0. The van der Waals surface area contributed by atoms with Gasteiger partial charge in [0.05, 0.1) is 0 Å². The molecule has 1 aliphatic rings. The summed E-state index contributed by atoms with van der Waals surface area (Å²) >= 11 is 0. The Hall–Kier alpha value is -0.820. The van der Waals surface area contributed by atoms with Crippen LogP contribution >= 0.6 is 0 Å². The largest absolute Gasteiger partial charge is 0.313 e. The predicted octanol–water partition coefficient (Wildman–Crippen LogP) is 4.57. The Kier molecular flexibility index (Phi) is 5.45. The summed E-state index contributed by atoms with van der Waals surface area (Å²) in [6.07, 6.45) is 9.44. The first-order valence-electron chi connectivity index (χ1n) is 8.02. The molecule has 1 aliphatic carbocycles. The fourth-order valence-electron chi connectivity index (χ4n) is 3.44. The highest BCUT2D eigenvalue weighted by Gasteiger charge is 2.34. The molecule has 0 radical (unpaired) electrons. The predicted molar refractivity (Wildman–Crippen MR) is 83.4 cm³/mol. The number of nitrogens with one attached hydrogen (secondary N) is 1. The van der Waals surface area contributed by atoms with Crippen LogP contribution in [0.5, 0.6) is 0 Å². The fourth-order valence-corrected chi connectivity index (χ4v) is 3.44. The van der Waals surface area contributed by atoms with Crippen LogP contribution in [0.3, 0.4) is 0 Å². The second-order valence-corrected chi connectivity index (χ2v) is 6.41. The summed E-state index contributed by atoms with van der Waals surface area (Å²) in [5.41, 5.74) is 1.96. The molecule has 0 saturated heterocycles. The number of rotatable bonds is 6. The van der Waals surface area contributed by atoms with E-state index in [0.717, 1.165) is 6.54 Å². The van der Waals surface area contributed by atoms with Crippen LogP contribution in [-0.4, -0.2) is 12.6 Å². The van der Waals surface area contributed by atoms with Crippen LogP contribution in [0.2, 0.25) is 0 Å². The van der Waals surface area contributed by atoms with Crippen LogP contribution < -0.4 is 5.32 Å². The van der Waals surface area contributed by atoms with Gasteiger partial charge in [0, 0.05) is 6.04 Å². The van der Waals surface area contributed by atoms with Crippen LogP contribution in [0, 0.1) is 5.41 Å². The average Bonchev–Trinajstić information content (AvgIpc) is 2.45. The van der Waals surface area contributed by atoms with Gasteiger partial charge in [-0.2, -0.15) is 0 Å². The van der Waals surface area contributed by atoms with E-state index < -0.39 is 0 Å². The average molecular weight is 259 g/mol. The molecule has 0 aromatic heterocycles. The second-order valence-electron chi connectivity index (χ2n) is 6.41. The lowest BCUT2D eigenvalue weighted by Crippen LogP contribution is -2.46. The third-order valence-corrected chi connectivity index (χ3v) is 4.76. The summed E-state index contributed by atoms with van der Waals surface area (Å²) in [4.78, 5) is 0. The van der Waals surface area contributed by atoms with Gasteiger partial charge in [-0.1, -0.05) is 63.4 Å². The lowest BCUT2D eigenvalue weighted by atomic mass is 9.69. The molecule has 0 bridgehead atoms. The third-order valence-electron chi connectivity index (χ3n) is 4.76. The van der Waals surface area contributed by atoms with E-state index in [2.05, 4.69) is 49.5 Å². The van der Waals surface area contributed by atoms with Gasteiger partial charge in [0.25, 0.3) is 0 Å². The van der Waals surface area contributed by atoms with E-state index in [1.165, 1.54) is 50.5 Å². The van der Waals surface area contributed by atoms with E-state index in [1.807, 2.05) is 0 Å². The molecule has 1 fully saturated rings. The zero-order valence-electron chi connectivity index (χ0n) is 12.6. The molecule has 1 saturated carbocycles. The Morgan fingerprint density at radius 3 is 2.42 bits per heavy atom. The maximum absolute atomic E-state index is 3.83.